The molecule has 1 aromatic carbocycles. The number of aromatic nitrogens is 3. The Balaban J connectivity index is 1.34. The molecular formula is C21H30FN5O. The molecule has 0 saturated carbocycles. The van der Waals surface area contributed by atoms with Crippen LogP contribution in [0.15, 0.2) is 24.3 Å². The number of benzene rings is 1. The Bertz CT molecular complexity index is 770. The molecular weight excluding hydrogens is 357 g/mol. The molecule has 152 valence electrons. The molecule has 2 heterocycles. The zero-order valence-corrected chi connectivity index (χ0v) is 16.8. The van der Waals surface area contributed by atoms with Gasteiger partial charge in [0.1, 0.15) is 11.6 Å². The fourth-order valence-electron chi connectivity index (χ4n) is 3.77. The zero-order chi connectivity index (χ0) is 19.9. The molecule has 6 nitrogen and oxygen atoms in total. The van der Waals surface area contributed by atoms with E-state index in [0.717, 1.165) is 56.8 Å². The van der Waals surface area contributed by atoms with Crippen molar-refractivity contribution in [3.63, 3.8) is 0 Å². The third kappa shape index (κ3) is 6.12. The van der Waals surface area contributed by atoms with Crippen molar-refractivity contribution >= 4 is 5.91 Å². The van der Waals surface area contributed by atoms with Gasteiger partial charge in [-0.2, -0.15) is 5.10 Å². The highest BCUT2D eigenvalue weighted by Crippen LogP contribution is 2.19. The van der Waals surface area contributed by atoms with Crippen LogP contribution in [0.3, 0.4) is 0 Å². The van der Waals surface area contributed by atoms with Gasteiger partial charge in [0.25, 0.3) is 0 Å². The number of carbonyl (C=O) groups is 1. The summed E-state index contributed by atoms with van der Waals surface area (Å²) in [6.45, 7) is 5.70. The van der Waals surface area contributed by atoms with Crippen LogP contribution in [-0.4, -0.2) is 64.1 Å². The largest absolute Gasteiger partial charge is 0.345 e. The molecule has 1 aliphatic heterocycles. The molecule has 1 aliphatic rings. The number of aryl methyl sites for hydroxylation is 2. The highest BCUT2D eigenvalue weighted by atomic mass is 19.1. The van der Waals surface area contributed by atoms with Crippen molar-refractivity contribution in [1.29, 1.82) is 0 Å². The van der Waals surface area contributed by atoms with Gasteiger partial charge in [-0.3, -0.25) is 9.89 Å². The number of amides is 1. The van der Waals surface area contributed by atoms with Crippen LogP contribution in [0, 0.1) is 18.7 Å². The summed E-state index contributed by atoms with van der Waals surface area (Å²) in [5.74, 6) is 2.01. The van der Waals surface area contributed by atoms with Crippen LogP contribution in [0.1, 0.15) is 36.5 Å². The first-order valence-corrected chi connectivity index (χ1v) is 10.1. The number of rotatable bonds is 8. The second-order valence-electron chi connectivity index (χ2n) is 7.78. The maximum absolute atomic E-state index is 13.3. The van der Waals surface area contributed by atoms with E-state index in [1.807, 2.05) is 24.9 Å². The minimum Gasteiger partial charge on any atom is -0.345 e. The average molecular weight is 388 g/mol. The topological polar surface area (TPSA) is 65.1 Å². The van der Waals surface area contributed by atoms with Crippen molar-refractivity contribution in [3.8, 4) is 0 Å². The molecule has 1 fully saturated rings. The summed E-state index contributed by atoms with van der Waals surface area (Å²) in [5, 5.41) is 6.89. The standard InChI is InChI=1S/C21H30FN5O/c1-16-23-20(25-24-16)6-7-21(28)26(2)15-18-9-12-27(13-10-18)11-8-17-4-3-5-19(22)14-17/h3-5,14,18H,6-13,15H2,1-2H3,(H,23,24,25). The lowest BCUT2D eigenvalue weighted by Crippen LogP contribution is -2.40. The van der Waals surface area contributed by atoms with E-state index in [1.165, 1.54) is 6.07 Å². The Morgan fingerprint density at radius 1 is 1.32 bits per heavy atom. The van der Waals surface area contributed by atoms with E-state index >= 15 is 0 Å². The quantitative estimate of drug-likeness (QED) is 0.756. The predicted molar refractivity (Wildman–Crippen MR) is 106 cm³/mol. The molecule has 3 rings (SSSR count). The molecule has 0 atom stereocenters. The molecule has 28 heavy (non-hydrogen) atoms. The Kier molecular flexibility index (Phi) is 7.14. The van der Waals surface area contributed by atoms with E-state index < -0.39 is 0 Å². The number of piperidine rings is 1. The van der Waals surface area contributed by atoms with Gasteiger partial charge in [0, 0.05) is 33.0 Å². The van der Waals surface area contributed by atoms with Gasteiger partial charge < -0.3 is 9.80 Å². The second kappa shape index (κ2) is 9.78. The first kappa shape index (κ1) is 20.5. The normalized spacial score (nSPS) is 15.7. The zero-order valence-electron chi connectivity index (χ0n) is 16.8. The lowest BCUT2D eigenvalue weighted by molar-refractivity contribution is -0.130. The van der Waals surface area contributed by atoms with Crippen molar-refractivity contribution in [2.75, 3.05) is 33.2 Å². The summed E-state index contributed by atoms with van der Waals surface area (Å²) in [6, 6.07) is 6.86. The smallest absolute Gasteiger partial charge is 0.222 e. The van der Waals surface area contributed by atoms with E-state index in [4.69, 9.17) is 0 Å². The van der Waals surface area contributed by atoms with E-state index in [2.05, 4.69) is 20.1 Å². The number of hydrogen-bond acceptors (Lipinski definition) is 4. The third-order valence-electron chi connectivity index (χ3n) is 5.48. The maximum atomic E-state index is 13.3. The van der Waals surface area contributed by atoms with Gasteiger partial charge >= 0.3 is 0 Å². The third-order valence-corrected chi connectivity index (χ3v) is 5.48. The van der Waals surface area contributed by atoms with Gasteiger partial charge in [0.15, 0.2) is 5.82 Å². The lowest BCUT2D eigenvalue weighted by Gasteiger charge is -2.34. The van der Waals surface area contributed by atoms with Gasteiger partial charge in [0.05, 0.1) is 0 Å². The van der Waals surface area contributed by atoms with Crippen molar-refractivity contribution in [1.82, 2.24) is 25.0 Å². The molecule has 1 N–H and O–H groups in total. The van der Waals surface area contributed by atoms with Crippen LogP contribution in [-0.2, 0) is 17.6 Å². The number of hydrogen-bond donors (Lipinski definition) is 1. The van der Waals surface area contributed by atoms with E-state index in [0.29, 0.717) is 24.6 Å². The summed E-state index contributed by atoms with van der Waals surface area (Å²) in [5.41, 5.74) is 1.05. The lowest BCUT2D eigenvalue weighted by atomic mass is 9.96. The van der Waals surface area contributed by atoms with Gasteiger partial charge in [-0.15, -0.1) is 0 Å². The Morgan fingerprint density at radius 2 is 2.11 bits per heavy atom. The number of nitrogens with one attached hydrogen (secondary N) is 1. The summed E-state index contributed by atoms with van der Waals surface area (Å²) in [7, 11) is 1.89. The van der Waals surface area contributed by atoms with E-state index in [1.54, 1.807) is 12.1 Å². The first-order chi connectivity index (χ1) is 13.5. The fourth-order valence-corrected chi connectivity index (χ4v) is 3.77. The van der Waals surface area contributed by atoms with Crippen LogP contribution in [0.4, 0.5) is 4.39 Å². The van der Waals surface area contributed by atoms with E-state index in [-0.39, 0.29) is 11.7 Å². The molecule has 0 bridgehead atoms. The van der Waals surface area contributed by atoms with Crippen molar-refractivity contribution in [3.05, 3.63) is 47.3 Å². The summed E-state index contributed by atoms with van der Waals surface area (Å²) in [6.07, 6.45) is 4.09. The molecule has 2 aromatic rings. The van der Waals surface area contributed by atoms with Crippen LogP contribution in [0.5, 0.6) is 0 Å². The summed E-state index contributed by atoms with van der Waals surface area (Å²) >= 11 is 0. The van der Waals surface area contributed by atoms with Crippen LogP contribution in [0.25, 0.3) is 0 Å². The monoisotopic (exact) mass is 387 g/mol. The van der Waals surface area contributed by atoms with Crippen molar-refractivity contribution < 1.29 is 9.18 Å². The van der Waals surface area contributed by atoms with Gasteiger partial charge in [-0.1, -0.05) is 12.1 Å². The Morgan fingerprint density at radius 3 is 2.79 bits per heavy atom. The average Bonchev–Trinajstić information content (AvgIpc) is 3.11. The summed E-state index contributed by atoms with van der Waals surface area (Å²) < 4.78 is 13.3. The first-order valence-electron chi connectivity index (χ1n) is 10.1. The minimum absolute atomic E-state index is 0.149. The molecule has 1 amide bonds. The minimum atomic E-state index is -0.165. The number of aromatic amines is 1. The van der Waals surface area contributed by atoms with Crippen LogP contribution >= 0.6 is 0 Å². The van der Waals surface area contributed by atoms with Crippen molar-refractivity contribution in [2.24, 2.45) is 5.92 Å². The SMILES string of the molecule is Cc1nc(CCC(=O)N(C)CC2CCN(CCc3cccc(F)c3)CC2)n[nH]1. The Hall–Kier alpha value is -2.28. The number of H-pyrrole nitrogens is 1. The number of likely N-dealkylation sites (tertiary alicyclic amines) is 1. The molecule has 0 aliphatic carbocycles. The van der Waals surface area contributed by atoms with Crippen LogP contribution in [0.2, 0.25) is 0 Å². The fraction of sp³-hybridized carbons (Fsp3) is 0.571. The highest BCUT2D eigenvalue weighted by molar-refractivity contribution is 5.76. The van der Waals surface area contributed by atoms with Gasteiger partial charge in [0.2, 0.25) is 5.91 Å². The second-order valence-corrected chi connectivity index (χ2v) is 7.78. The molecule has 0 spiro atoms. The molecule has 1 saturated heterocycles. The van der Waals surface area contributed by atoms with Crippen LogP contribution < -0.4 is 0 Å². The molecule has 7 heteroatoms. The molecule has 0 unspecified atom stereocenters. The predicted octanol–water partition coefficient (Wildman–Crippen LogP) is 2.60. The number of nitrogens with zero attached hydrogens (tertiary/aromatic N) is 4. The number of carbonyl (C=O) groups excluding carboxylic acids is 1. The maximum Gasteiger partial charge on any atom is 0.222 e. The van der Waals surface area contributed by atoms with Gasteiger partial charge in [-0.25, -0.2) is 9.37 Å². The van der Waals surface area contributed by atoms with Crippen molar-refractivity contribution in [2.45, 2.75) is 39.0 Å². The van der Waals surface area contributed by atoms with E-state index in [9.17, 15) is 9.18 Å². The van der Waals surface area contributed by atoms with Gasteiger partial charge in [-0.05, 0) is 62.9 Å². The molecule has 1 aromatic heterocycles. The molecule has 0 radical (unpaired) electrons. The highest BCUT2D eigenvalue weighted by Gasteiger charge is 2.22. The summed E-state index contributed by atoms with van der Waals surface area (Å²) in [4.78, 5) is 20.9. The Labute approximate surface area is 166 Å². The number of halogens is 1.